The first-order chi connectivity index (χ1) is 6.79. The van der Waals surface area contributed by atoms with Crippen LogP contribution >= 0.6 is 11.7 Å². The van der Waals surface area contributed by atoms with Crippen molar-refractivity contribution < 1.29 is 13.2 Å². The lowest BCUT2D eigenvalue weighted by molar-refractivity contribution is 0.0982. The van der Waals surface area contributed by atoms with E-state index in [9.17, 15) is 13.2 Å². The lowest BCUT2D eigenvalue weighted by atomic mass is 10.1. The topological polar surface area (TPSA) is 63.2 Å². The van der Waals surface area contributed by atoms with Crippen molar-refractivity contribution in [1.82, 2.24) is 4.72 Å². The molecule has 0 aliphatic rings. The Labute approximate surface area is 93.6 Å². The van der Waals surface area contributed by atoms with Crippen molar-refractivity contribution in [1.29, 1.82) is 0 Å². The fourth-order valence-electron chi connectivity index (χ4n) is 1.06. The van der Waals surface area contributed by atoms with E-state index in [0.717, 1.165) is 11.1 Å². The zero-order valence-corrected chi connectivity index (χ0v) is 10.0. The molecule has 0 heterocycles. The summed E-state index contributed by atoms with van der Waals surface area (Å²) in [7, 11) is -3.80. The fourth-order valence-corrected chi connectivity index (χ4v) is 1.66. The number of aryl methyl sites for hydroxylation is 2. The molecule has 82 valence electrons. The maximum atomic E-state index is 11.4. The summed E-state index contributed by atoms with van der Waals surface area (Å²) >= 11 is 3.23. The van der Waals surface area contributed by atoms with Crippen molar-refractivity contribution >= 4 is 26.6 Å². The number of rotatable bonds is 2. The van der Waals surface area contributed by atoms with Gasteiger partial charge >= 0.3 is 0 Å². The summed E-state index contributed by atoms with van der Waals surface area (Å²) in [6.07, 6.45) is 0. The smallest absolute Gasteiger partial charge is 0.268 e. The molecule has 0 atom stereocenters. The van der Waals surface area contributed by atoms with Gasteiger partial charge in [0.2, 0.25) is 0 Å². The molecule has 0 unspecified atom stereocenters. The van der Waals surface area contributed by atoms with Crippen LogP contribution in [-0.2, 0) is 9.06 Å². The Morgan fingerprint density at radius 3 is 2.33 bits per heavy atom. The second kappa shape index (κ2) is 4.24. The highest BCUT2D eigenvalue weighted by Gasteiger charge is 2.11. The Hall–Kier alpha value is -1.01. The minimum absolute atomic E-state index is 0.302. The van der Waals surface area contributed by atoms with Crippen LogP contribution in [0.15, 0.2) is 18.2 Å². The van der Waals surface area contributed by atoms with Gasteiger partial charge in [0.1, 0.15) is 0 Å². The van der Waals surface area contributed by atoms with E-state index in [1.807, 2.05) is 13.8 Å². The van der Waals surface area contributed by atoms with E-state index in [4.69, 9.17) is 0 Å². The summed E-state index contributed by atoms with van der Waals surface area (Å²) in [5, 5.41) is 0. The van der Waals surface area contributed by atoms with Gasteiger partial charge < -0.3 is 0 Å². The third-order valence-electron chi connectivity index (χ3n) is 1.99. The summed E-state index contributed by atoms with van der Waals surface area (Å²) in [6, 6.07) is 4.95. The summed E-state index contributed by atoms with van der Waals surface area (Å²) < 4.78 is 23.2. The highest BCUT2D eigenvalue weighted by atomic mass is 33.1. The molecule has 6 heteroatoms. The highest BCUT2D eigenvalue weighted by Crippen LogP contribution is 2.10. The van der Waals surface area contributed by atoms with Crippen LogP contribution in [0, 0.1) is 13.8 Å². The quantitative estimate of drug-likeness (QED) is 0.608. The van der Waals surface area contributed by atoms with E-state index < -0.39 is 15.0 Å². The SMILES string of the molecule is Cc1ccc(C(=O)NS(=O)(=O)S)cc1C. The molecule has 0 radical (unpaired) electrons. The number of benzene rings is 1. The largest absolute Gasteiger partial charge is 0.286 e. The van der Waals surface area contributed by atoms with E-state index in [2.05, 4.69) is 11.7 Å². The van der Waals surface area contributed by atoms with E-state index in [-0.39, 0.29) is 0 Å². The van der Waals surface area contributed by atoms with Gasteiger partial charge in [0.25, 0.3) is 15.0 Å². The number of nitrogens with one attached hydrogen (secondary N) is 1. The van der Waals surface area contributed by atoms with E-state index in [1.54, 1.807) is 22.9 Å². The zero-order chi connectivity index (χ0) is 11.6. The number of hydrogen-bond donors (Lipinski definition) is 2. The second-order valence-corrected chi connectivity index (χ2v) is 5.80. The molecule has 1 amide bonds. The molecule has 0 fully saturated rings. The van der Waals surface area contributed by atoms with E-state index >= 15 is 0 Å². The molecule has 1 aromatic carbocycles. The molecular formula is C9H11NO3S2. The van der Waals surface area contributed by atoms with Gasteiger partial charge in [-0.2, -0.15) is 8.42 Å². The summed E-state index contributed by atoms with van der Waals surface area (Å²) in [6.45, 7) is 3.76. The predicted octanol–water partition coefficient (Wildman–Crippen LogP) is 1.21. The van der Waals surface area contributed by atoms with Gasteiger partial charge in [-0.15, -0.1) is 0 Å². The van der Waals surface area contributed by atoms with Crippen molar-refractivity contribution in [3.05, 3.63) is 34.9 Å². The number of hydrogen-bond acceptors (Lipinski definition) is 3. The Kier molecular flexibility index (Phi) is 3.41. The predicted molar refractivity (Wildman–Crippen MR) is 61.3 cm³/mol. The standard InChI is InChI=1S/C9H11NO3S2/c1-6-3-4-8(5-7(6)2)9(11)10-15(12,13)14/h3-5H,1-2H3,(H,10,11)(H,12,13,14). The zero-order valence-electron chi connectivity index (χ0n) is 8.31. The van der Waals surface area contributed by atoms with Gasteiger partial charge in [0.15, 0.2) is 0 Å². The van der Waals surface area contributed by atoms with Crippen LogP contribution in [0.5, 0.6) is 0 Å². The van der Waals surface area contributed by atoms with Gasteiger partial charge in [-0.1, -0.05) is 6.07 Å². The lowest BCUT2D eigenvalue weighted by Crippen LogP contribution is -2.26. The van der Waals surface area contributed by atoms with Crippen molar-refractivity contribution in [3.8, 4) is 0 Å². The first-order valence-corrected chi connectivity index (χ1v) is 6.70. The fraction of sp³-hybridized carbons (Fsp3) is 0.222. The summed E-state index contributed by atoms with van der Waals surface area (Å²) in [5.41, 5.74) is 2.27. The first-order valence-electron chi connectivity index (χ1n) is 4.16. The Balaban J connectivity index is 2.98. The molecule has 0 spiro atoms. The average molecular weight is 245 g/mol. The minimum Gasteiger partial charge on any atom is -0.268 e. The van der Waals surface area contributed by atoms with Crippen molar-refractivity contribution in [2.24, 2.45) is 0 Å². The molecule has 1 N–H and O–H groups in total. The molecule has 1 rings (SSSR count). The highest BCUT2D eigenvalue weighted by molar-refractivity contribution is 8.62. The maximum Gasteiger partial charge on any atom is 0.286 e. The van der Waals surface area contributed by atoms with Crippen molar-refractivity contribution in [2.45, 2.75) is 13.8 Å². The number of thiol groups is 1. The minimum atomic E-state index is -3.80. The Morgan fingerprint density at radius 1 is 1.27 bits per heavy atom. The molecule has 0 saturated carbocycles. The van der Waals surface area contributed by atoms with E-state index in [1.165, 1.54) is 0 Å². The van der Waals surface area contributed by atoms with Crippen LogP contribution in [-0.4, -0.2) is 14.3 Å². The average Bonchev–Trinajstić information content (AvgIpc) is 2.06. The molecule has 1 aromatic rings. The maximum absolute atomic E-state index is 11.4. The first kappa shape index (κ1) is 12.1. The second-order valence-electron chi connectivity index (χ2n) is 3.21. The molecular weight excluding hydrogens is 234 g/mol. The Bertz CT molecular complexity index is 494. The molecule has 0 saturated heterocycles. The van der Waals surface area contributed by atoms with Gasteiger partial charge in [0.05, 0.1) is 0 Å². The normalized spacial score (nSPS) is 11.1. The van der Waals surface area contributed by atoms with Crippen LogP contribution < -0.4 is 4.72 Å². The van der Waals surface area contributed by atoms with Gasteiger partial charge in [-0.05, 0) is 48.8 Å². The van der Waals surface area contributed by atoms with Crippen LogP contribution in [0.3, 0.4) is 0 Å². The summed E-state index contributed by atoms with van der Waals surface area (Å²) in [4.78, 5) is 11.4. The van der Waals surface area contributed by atoms with Crippen LogP contribution in [0.1, 0.15) is 21.5 Å². The molecule has 15 heavy (non-hydrogen) atoms. The third-order valence-corrected chi connectivity index (χ3v) is 2.71. The van der Waals surface area contributed by atoms with Crippen LogP contribution in [0.2, 0.25) is 0 Å². The number of amides is 1. The molecule has 0 aliphatic carbocycles. The van der Waals surface area contributed by atoms with Crippen LogP contribution in [0.25, 0.3) is 0 Å². The molecule has 4 nitrogen and oxygen atoms in total. The molecule has 0 aromatic heterocycles. The van der Waals surface area contributed by atoms with Crippen LogP contribution in [0.4, 0.5) is 0 Å². The third kappa shape index (κ3) is 3.56. The lowest BCUT2D eigenvalue weighted by Gasteiger charge is -2.04. The van der Waals surface area contributed by atoms with Gasteiger partial charge in [0, 0.05) is 5.56 Å². The van der Waals surface area contributed by atoms with Crippen molar-refractivity contribution in [3.63, 3.8) is 0 Å². The van der Waals surface area contributed by atoms with Gasteiger partial charge in [-0.25, -0.2) is 4.72 Å². The molecule has 0 bridgehead atoms. The molecule has 0 aliphatic heterocycles. The van der Waals surface area contributed by atoms with E-state index in [0.29, 0.717) is 5.56 Å². The van der Waals surface area contributed by atoms with Crippen molar-refractivity contribution in [2.75, 3.05) is 0 Å². The monoisotopic (exact) mass is 245 g/mol. The number of carbonyl (C=O) groups is 1. The number of carbonyl (C=O) groups excluding carboxylic acids is 1. The Morgan fingerprint density at radius 2 is 1.87 bits per heavy atom. The van der Waals surface area contributed by atoms with Gasteiger partial charge in [-0.3, -0.25) is 4.79 Å². The summed E-state index contributed by atoms with van der Waals surface area (Å²) in [5.74, 6) is -0.673.